The van der Waals surface area contributed by atoms with Gasteiger partial charge >= 0.3 is 6.03 Å². The van der Waals surface area contributed by atoms with E-state index in [2.05, 4.69) is 54.1 Å². The molecule has 1 aromatic rings. The van der Waals surface area contributed by atoms with Gasteiger partial charge in [0.15, 0.2) is 0 Å². The zero-order valence-corrected chi connectivity index (χ0v) is 22.1. The first-order valence-corrected chi connectivity index (χ1v) is 15.1. The van der Waals surface area contributed by atoms with Gasteiger partial charge in [0.25, 0.3) is 0 Å². The summed E-state index contributed by atoms with van der Waals surface area (Å²) in [5.74, 6) is 0.236. The van der Waals surface area contributed by atoms with Crippen molar-refractivity contribution < 1.29 is 18.0 Å². The second-order valence-corrected chi connectivity index (χ2v) is 14.4. The van der Waals surface area contributed by atoms with Crippen LogP contribution in [-0.4, -0.2) is 62.1 Å². The summed E-state index contributed by atoms with van der Waals surface area (Å²) in [4.78, 5) is 24.5. The third kappa shape index (κ3) is 3.52. The van der Waals surface area contributed by atoms with E-state index in [1.165, 1.54) is 11.1 Å². The van der Waals surface area contributed by atoms with Crippen LogP contribution in [0.3, 0.4) is 0 Å². The van der Waals surface area contributed by atoms with Crippen molar-refractivity contribution in [3.05, 3.63) is 35.4 Å². The predicted molar refractivity (Wildman–Crippen MR) is 137 cm³/mol. The molecule has 1 spiro atoms. The Morgan fingerprint density at radius 1 is 1.14 bits per heavy atom. The van der Waals surface area contributed by atoms with E-state index in [0.717, 1.165) is 44.9 Å². The monoisotopic (exact) mass is 514 g/mol. The third-order valence-electron chi connectivity index (χ3n) is 10.8. The Morgan fingerprint density at radius 3 is 2.58 bits per heavy atom. The molecule has 5 aliphatic rings. The van der Waals surface area contributed by atoms with E-state index in [-0.39, 0.29) is 41.1 Å². The first kappa shape index (κ1) is 24.2. The summed E-state index contributed by atoms with van der Waals surface area (Å²) in [6, 6.07) is 7.50. The minimum Gasteiger partial charge on any atom is -0.351 e. The van der Waals surface area contributed by atoms with E-state index in [0.29, 0.717) is 19.0 Å². The number of hydrogen-bond donors (Lipinski definition) is 3. The van der Waals surface area contributed by atoms with E-state index in [1.54, 1.807) is 4.31 Å². The molecule has 4 atom stereocenters. The number of amides is 3. The number of fused-ring (bicyclic) bond motifs is 4. The number of urea groups is 1. The normalized spacial score (nSPS) is 34.4. The van der Waals surface area contributed by atoms with Gasteiger partial charge in [-0.3, -0.25) is 4.79 Å². The molecule has 4 fully saturated rings. The molecular formula is C27H38N4O4S. The molecule has 8 nitrogen and oxygen atoms in total. The SMILES string of the molecule is CC1(C)[C@@H]2CC[C@@]1(CS(=O)(=O)N1CCC3(CCc4ccccc43)CC1)[C@@H](NC(=O)C1CNC(=O)N1)C2. The Morgan fingerprint density at radius 2 is 1.89 bits per heavy atom. The van der Waals surface area contributed by atoms with Crippen molar-refractivity contribution in [2.75, 3.05) is 25.4 Å². The van der Waals surface area contributed by atoms with Gasteiger partial charge in [-0.25, -0.2) is 17.5 Å². The van der Waals surface area contributed by atoms with Crippen LogP contribution in [0.4, 0.5) is 4.79 Å². The third-order valence-corrected chi connectivity index (χ3v) is 12.8. The number of carbonyl (C=O) groups excluding carboxylic acids is 2. The van der Waals surface area contributed by atoms with E-state index >= 15 is 0 Å². The quantitative estimate of drug-likeness (QED) is 0.560. The number of hydrogen-bond acceptors (Lipinski definition) is 4. The number of rotatable bonds is 5. The highest BCUT2D eigenvalue weighted by atomic mass is 32.2. The number of benzene rings is 1. The summed E-state index contributed by atoms with van der Waals surface area (Å²) in [7, 11) is -3.50. The first-order valence-electron chi connectivity index (χ1n) is 13.5. The Hall–Kier alpha value is -2.13. The maximum absolute atomic E-state index is 13.9. The van der Waals surface area contributed by atoms with Crippen molar-refractivity contribution >= 4 is 22.0 Å². The molecule has 196 valence electrons. The summed E-state index contributed by atoms with van der Waals surface area (Å²) in [6.45, 7) is 5.76. The topological polar surface area (TPSA) is 108 Å². The Bertz CT molecular complexity index is 1190. The van der Waals surface area contributed by atoms with Crippen molar-refractivity contribution in [2.24, 2.45) is 16.7 Å². The summed E-state index contributed by atoms with van der Waals surface area (Å²) in [5.41, 5.74) is 2.27. The van der Waals surface area contributed by atoms with Gasteiger partial charge in [-0.2, -0.15) is 0 Å². The van der Waals surface area contributed by atoms with Crippen LogP contribution in [0.1, 0.15) is 63.5 Å². The summed E-state index contributed by atoms with van der Waals surface area (Å²) in [5, 5.41) is 8.45. The maximum Gasteiger partial charge on any atom is 0.315 e. The van der Waals surface area contributed by atoms with Crippen LogP contribution in [-0.2, 0) is 26.7 Å². The summed E-state index contributed by atoms with van der Waals surface area (Å²) >= 11 is 0. The van der Waals surface area contributed by atoms with Gasteiger partial charge in [0.1, 0.15) is 6.04 Å². The van der Waals surface area contributed by atoms with Crippen LogP contribution < -0.4 is 16.0 Å². The number of carbonyl (C=O) groups is 2. The predicted octanol–water partition coefficient (Wildman–Crippen LogP) is 2.29. The van der Waals surface area contributed by atoms with Crippen molar-refractivity contribution in [3.63, 3.8) is 0 Å². The molecule has 1 aromatic carbocycles. The lowest BCUT2D eigenvalue weighted by molar-refractivity contribution is -0.124. The lowest BCUT2D eigenvalue weighted by Gasteiger charge is -2.45. The van der Waals surface area contributed by atoms with Crippen LogP contribution in [0.5, 0.6) is 0 Å². The number of sulfonamides is 1. The van der Waals surface area contributed by atoms with E-state index in [1.807, 2.05) is 0 Å². The number of aryl methyl sites for hydroxylation is 1. The van der Waals surface area contributed by atoms with Crippen LogP contribution in [0.15, 0.2) is 24.3 Å². The zero-order valence-electron chi connectivity index (χ0n) is 21.3. The fourth-order valence-electron chi connectivity index (χ4n) is 8.40. The molecule has 2 aliphatic heterocycles. The standard InChI is InChI=1S/C27H38N4O4S/c1-25(2)19-8-10-27(25,22(15-19)30-23(32)21-16-28-24(33)29-21)17-36(34,35)31-13-11-26(12-14-31)9-7-18-5-3-4-6-20(18)26/h3-6,19,21-22H,7-17H2,1-2H3,(H,30,32)(H2,28,29,33)/t19-,21?,22+,27-/m1/s1. The molecule has 36 heavy (non-hydrogen) atoms. The van der Waals surface area contributed by atoms with E-state index in [4.69, 9.17) is 0 Å². The second kappa shape index (κ2) is 8.18. The van der Waals surface area contributed by atoms with Gasteiger partial charge in [-0.1, -0.05) is 38.1 Å². The molecule has 1 unspecified atom stereocenters. The Labute approximate surface area is 214 Å². The average Bonchev–Trinajstić information content (AvgIpc) is 3.54. The molecule has 9 heteroatoms. The Balaban J connectivity index is 1.19. The highest BCUT2D eigenvalue weighted by Gasteiger charge is 2.66. The molecule has 0 aromatic heterocycles. The summed E-state index contributed by atoms with van der Waals surface area (Å²) in [6.07, 6.45) is 6.53. The van der Waals surface area contributed by atoms with Gasteiger partial charge < -0.3 is 16.0 Å². The highest BCUT2D eigenvalue weighted by molar-refractivity contribution is 7.89. The van der Waals surface area contributed by atoms with Gasteiger partial charge in [0, 0.05) is 31.1 Å². The van der Waals surface area contributed by atoms with Crippen LogP contribution >= 0.6 is 0 Å². The number of nitrogens with zero attached hydrogens (tertiary/aromatic N) is 1. The van der Waals surface area contributed by atoms with E-state index < -0.39 is 21.5 Å². The average molecular weight is 515 g/mol. The van der Waals surface area contributed by atoms with Crippen molar-refractivity contribution in [1.82, 2.24) is 20.3 Å². The highest BCUT2D eigenvalue weighted by Crippen LogP contribution is 2.66. The molecule has 3 amide bonds. The van der Waals surface area contributed by atoms with Gasteiger partial charge in [-0.05, 0) is 72.8 Å². The van der Waals surface area contributed by atoms with Crippen molar-refractivity contribution in [1.29, 1.82) is 0 Å². The first-order chi connectivity index (χ1) is 17.1. The zero-order chi connectivity index (χ0) is 25.3. The number of piperidine rings is 1. The molecule has 0 radical (unpaired) electrons. The molecule has 2 heterocycles. The van der Waals surface area contributed by atoms with Crippen molar-refractivity contribution in [3.8, 4) is 0 Å². The lowest BCUT2D eigenvalue weighted by atomic mass is 9.69. The maximum atomic E-state index is 13.9. The molecule has 3 N–H and O–H groups in total. The largest absolute Gasteiger partial charge is 0.351 e. The molecule has 3 aliphatic carbocycles. The lowest BCUT2D eigenvalue weighted by Crippen LogP contribution is -2.57. The van der Waals surface area contributed by atoms with Gasteiger partial charge in [0.2, 0.25) is 15.9 Å². The van der Waals surface area contributed by atoms with Crippen LogP contribution in [0.2, 0.25) is 0 Å². The van der Waals surface area contributed by atoms with Crippen LogP contribution in [0, 0.1) is 16.7 Å². The minimum absolute atomic E-state index is 0.0767. The van der Waals surface area contributed by atoms with E-state index in [9.17, 15) is 18.0 Å². The number of nitrogens with one attached hydrogen (secondary N) is 3. The second-order valence-electron chi connectivity index (χ2n) is 12.4. The fourth-order valence-corrected chi connectivity index (χ4v) is 10.7. The fraction of sp³-hybridized carbons (Fsp3) is 0.704. The molecule has 2 saturated carbocycles. The molecule has 2 bridgehead atoms. The Kier molecular flexibility index (Phi) is 5.51. The molecular weight excluding hydrogens is 476 g/mol. The van der Waals surface area contributed by atoms with Crippen LogP contribution in [0.25, 0.3) is 0 Å². The van der Waals surface area contributed by atoms with Gasteiger partial charge in [-0.15, -0.1) is 0 Å². The van der Waals surface area contributed by atoms with Gasteiger partial charge in [0.05, 0.1) is 5.75 Å². The molecule has 6 rings (SSSR count). The smallest absolute Gasteiger partial charge is 0.315 e. The summed E-state index contributed by atoms with van der Waals surface area (Å²) < 4.78 is 29.6. The molecule has 2 saturated heterocycles. The van der Waals surface area contributed by atoms with Crippen molar-refractivity contribution in [2.45, 2.75) is 76.3 Å². The minimum atomic E-state index is -3.50.